The van der Waals surface area contributed by atoms with Gasteiger partial charge in [-0.1, -0.05) is 19.1 Å². The summed E-state index contributed by atoms with van der Waals surface area (Å²) in [6.45, 7) is 3.70. The molecule has 0 aliphatic rings. The minimum atomic E-state index is 0.0863. The van der Waals surface area contributed by atoms with Crippen molar-refractivity contribution in [2.45, 2.75) is 20.3 Å². The van der Waals surface area contributed by atoms with Crippen LogP contribution in [0.4, 0.5) is 0 Å². The predicted octanol–water partition coefficient (Wildman–Crippen LogP) is 2.93. The third-order valence-corrected chi connectivity index (χ3v) is 2.51. The minimum absolute atomic E-state index is 0.0863. The summed E-state index contributed by atoms with van der Waals surface area (Å²) in [7, 11) is 0. The van der Waals surface area contributed by atoms with E-state index in [-0.39, 0.29) is 5.78 Å². The fourth-order valence-electron chi connectivity index (χ4n) is 1.72. The summed E-state index contributed by atoms with van der Waals surface area (Å²) in [5.74, 6) is 0.0863. The van der Waals surface area contributed by atoms with Gasteiger partial charge in [0.2, 0.25) is 0 Å². The average Bonchev–Trinajstić information content (AvgIpc) is 2.60. The number of H-pyrrole nitrogens is 1. The fraction of sp³-hybridized carbons (Fsp3) is 0.250. The van der Waals surface area contributed by atoms with E-state index in [1.54, 1.807) is 6.92 Å². The largest absolute Gasteiger partial charge is 0.352 e. The highest BCUT2D eigenvalue weighted by Gasteiger charge is 2.06. The van der Waals surface area contributed by atoms with Crippen LogP contribution in [0.5, 0.6) is 0 Å². The molecule has 1 aromatic heterocycles. The molecular weight excluding hydrogens is 174 g/mol. The first-order valence-electron chi connectivity index (χ1n) is 4.84. The second-order valence-corrected chi connectivity index (χ2v) is 3.47. The molecule has 0 saturated carbocycles. The maximum absolute atomic E-state index is 11.2. The van der Waals surface area contributed by atoms with Crippen molar-refractivity contribution in [3.8, 4) is 0 Å². The zero-order valence-electron chi connectivity index (χ0n) is 8.42. The highest BCUT2D eigenvalue weighted by Crippen LogP contribution is 2.20. The topological polar surface area (TPSA) is 32.9 Å². The number of ketones is 1. The standard InChI is InChI=1S/C12H13NO/c1-3-9-5-4-6-11-10(9)7-12(13-11)8(2)14/h4-7,13H,3H2,1-2H3. The van der Waals surface area contributed by atoms with Crippen molar-refractivity contribution in [3.63, 3.8) is 0 Å². The molecule has 0 aliphatic carbocycles. The normalized spacial score (nSPS) is 10.7. The highest BCUT2D eigenvalue weighted by molar-refractivity contribution is 5.98. The zero-order chi connectivity index (χ0) is 10.1. The van der Waals surface area contributed by atoms with E-state index in [0.717, 1.165) is 11.9 Å². The van der Waals surface area contributed by atoms with Gasteiger partial charge in [0.15, 0.2) is 5.78 Å². The number of aromatic nitrogens is 1. The van der Waals surface area contributed by atoms with Crippen molar-refractivity contribution in [3.05, 3.63) is 35.5 Å². The first-order valence-corrected chi connectivity index (χ1v) is 4.84. The van der Waals surface area contributed by atoms with Gasteiger partial charge in [-0.2, -0.15) is 0 Å². The Morgan fingerprint density at radius 3 is 2.86 bits per heavy atom. The molecule has 0 unspecified atom stereocenters. The summed E-state index contributed by atoms with van der Waals surface area (Å²) >= 11 is 0. The number of rotatable bonds is 2. The molecule has 2 rings (SSSR count). The van der Waals surface area contributed by atoms with Gasteiger partial charge in [-0.05, 0) is 24.1 Å². The first kappa shape index (κ1) is 9.00. The van der Waals surface area contributed by atoms with Gasteiger partial charge in [0.25, 0.3) is 0 Å². The van der Waals surface area contributed by atoms with Gasteiger partial charge in [-0.15, -0.1) is 0 Å². The molecular formula is C12H13NO. The number of benzene rings is 1. The SMILES string of the molecule is CCc1cccc2[nH]c(C(C)=O)cc12. The van der Waals surface area contributed by atoms with Crippen LogP contribution < -0.4 is 0 Å². The van der Waals surface area contributed by atoms with Crippen molar-refractivity contribution in [2.24, 2.45) is 0 Å². The van der Waals surface area contributed by atoms with E-state index < -0.39 is 0 Å². The number of fused-ring (bicyclic) bond motifs is 1. The molecule has 0 atom stereocenters. The molecule has 1 aromatic carbocycles. The van der Waals surface area contributed by atoms with Crippen molar-refractivity contribution in [1.29, 1.82) is 0 Å². The molecule has 0 bridgehead atoms. The van der Waals surface area contributed by atoms with Gasteiger partial charge in [0, 0.05) is 17.8 Å². The number of aryl methyl sites for hydroxylation is 1. The molecule has 1 N–H and O–H groups in total. The van der Waals surface area contributed by atoms with E-state index in [1.165, 1.54) is 10.9 Å². The van der Waals surface area contributed by atoms with Crippen LogP contribution in [-0.4, -0.2) is 10.8 Å². The van der Waals surface area contributed by atoms with E-state index in [2.05, 4.69) is 18.0 Å². The monoisotopic (exact) mass is 187 g/mol. The van der Waals surface area contributed by atoms with Gasteiger partial charge in [-0.3, -0.25) is 4.79 Å². The van der Waals surface area contributed by atoms with Gasteiger partial charge >= 0.3 is 0 Å². The smallest absolute Gasteiger partial charge is 0.175 e. The molecule has 0 aliphatic heterocycles. The van der Waals surface area contributed by atoms with Gasteiger partial charge < -0.3 is 4.98 Å². The summed E-state index contributed by atoms with van der Waals surface area (Å²) in [6, 6.07) is 8.05. The Kier molecular flexibility index (Phi) is 2.12. The fourth-order valence-corrected chi connectivity index (χ4v) is 1.72. The summed E-state index contributed by atoms with van der Waals surface area (Å²) in [6.07, 6.45) is 0.993. The van der Waals surface area contributed by atoms with Crippen LogP contribution >= 0.6 is 0 Å². The van der Waals surface area contributed by atoms with Crippen molar-refractivity contribution in [1.82, 2.24) is 4.98 Å². The minimum Gasteiger partial charge on any atom is -0.352 e. The molecule has 0 saturated heterocycles. The van der Waals surface area contributed by atoms with E-state index in [1.807, 2.05) is 18.2 Å². The van der Waals surface area contributed by atoms with Crippen LogP contribution in [0.25, 0.3) is 10.9 Å². The second kappa shape index (κ2) is 3.29. The lowest BCUT2D eigenvalue weighted by Gasteiger charge is -1.96. The first-order chi connectivity index (χ1) is 6.72. The Morgan fingerprint density at radius 2 is 2.21 bits per heavy atom. The maximum atomic E-state index is 11.2. The summed E-state index contributed by atoms with van der Waals surface area (Å²) < 4.78 is 0. The average molecular weight is 187 g/mol. The molecule has 2 aromatic rings. The van der Waals surface area contributed by atoms with Crippen LogP contribution in [0, 0.1) is 0 Å². The summed E-state index contributed by atoms with van der Waals surface area (Å²) in [5.41, 5.74) is 3.03. The lowest BCUT2D eigenvalue weighted by atomic mass is 10.1. The number of carbonyl (C=O) groups excluding carboxylic acids is 1. The van der Waals surface area contributed by atoms with Gasteiger partial charge in [-0.25, -0.2) is 0 Å². The molecule has 2 heteroatoms. The molecule has 0 spiro atoms. The number of hydrogen-bond donors (Lipinski definition) is 1. The van der Waals surface area contributed by atoms with Crippen LogP contribution in [0.1, 0.15) is 29.9 Å². The number of Topliss-reactive ketones (excluding diaryl/α,β-unsaturated/α-hetero) is 1. The summed E-state index contributed by atoms with van der Waals surface area (Å²) in [4.78, 5) is 14.3. The molecule has 14 heavy (non-hydrogen) atoms. The van der Waals surface area contributed by atoms with Crippen molar-refractivity contribution >= 4 is 16.7 Å². The third kappa shape index (κ3) is 1.33. The second-order valence-electron chi connectivity index (χ2n) is 3.47. The van der Waals surface area contributed by atoms with E-state index in [4.69, 9.17) is 0 Å². The third-order valence-electron chi connectivity index (χ3n) is 2.51. The molecule has 72 valence electrons. The predicted molar refractivity (Wildman–Crippen MR) is 57.7 cm³/mol. The van der Waals surface area contributed by atoms with E-state index in [0.29, 0.717) is 5.69 Å². The Hall–Kier alpha value is -1.57. The Labute approximate surface area is 82.9 Å². The number of carbonyl (C=O) groups is 1. The van der Waals surface area contributed by atoms with Gasteiger partial charge in [0.05, 0.1) is 5.69 Å². The van der Waals surface area contributed by atoms with E-state index in [9.17, 15) is 4.79 Å². The van der Waals surface area contributed by atoms with Crippen LogP contribution in [-0.2, 0) is 6.42 Å². The Bertz CT molecular complexity index is 482. The Balaban J connectivity index is 2.70. The van der Waals surface area contributed by atoms with Crippen LogP contribution in [0.3, 0.4) is 0 Å². The molecule has 2 nitrogen and oxygen atoms in total. The van der Waals surface area contributed by atoms with Crippen LogP contribution in [0.2, 0.25) is 0 Å². The molecule has 0 amide bonds. The summed E-state index contributed by atoms with van der Waals surface area (Å²) in [5, 5.41) is 1.17. The number of aromatic amines is 1. The lowest BCUT2D eigenvalue weighted by Crippen LogP contribution is -1.89. The molecule has 0 fully saturated rings. The molecule has 1 heterocycles. The number of nitrogens with one attached hydrogen (secondary N) is 1. The van der Waals surface area contributed by atoms with Crippen molar-refractivity contribution in [2.75, 3.05) is 0 Å². The van der Waals surface area contributed by atoms with Crippen molar-refractivity contribution < 1.29 is 4.79 Å². The molecule has 0 radical (unpaired) electrons. The van der Waals surface area contributed by atoms with E-state index >= 15 is 0 Å². The maximum Gasteiger partial charge on any atom is 0.175 e. The van der Waals surface area contributed by atoms with Gasteiger partial charge in [0.1, 0.15) is 0 Å². The highest BCUT2D eigenvalue weighted by atomic mass is 16.1. The zero-order valence-corrected chi connectivity index (χ0v) is 8.42. The Morgan fingerprint density at radius 1 is 1.43 bits per heavy atom. The van der Waals surface area contributed by atoms with Crippen LogP contribution in [0.15, 0.2) is 24.3 Å². The quantitative estimate of drug-likeness (QED) is 0.720. The lowest BCUT2D eigenvalue weighted by molar-refractivity contribution is 0.101. The number of hydrogen-bond acceptors (Lipinski definition) is 1.